The summed E-state index contributed by atoms with van der Waals surface area (Å²) in [6.07, 6.45) is 0. The molecule has 0 aliphatic carbocycles. The van der Waals surface area contributed by atoms with E-state index in [1.807, 2.05) is 39.0 Å². The smallest absolute Gasteiger partial charge is 0.186 e. The van der Waals surface area contributed by atoms with Gasteiger partial charge >= 0.3 is 0 Å². The second-order valence-electron chi connectivity index (χ2n) is 4.74. The van der Waals surface area contributed by atoms with Crippen LogP contribution < -0.4 is 0 Å². The summed E-state index contributed by atoms with van der Waals surface area (Å²) in [6, 6.07) is 6.00. The molecule has 3 aromatic rings. The Kier molecular flexibility index (Phi) is 3.26. The highest BCUT2D eigenvalue weighted by molar-refractivity contribution is 9.10. The zero-order valence-corrected chi connectivity index (χ0v) is 13.6. The highest BCUT2D eigenvalue weighted by Gasteiger charge is 2.17. The molecule has 0 bridgehead atoms. The monoisotopic (exact) mass is 350 g/mol. The Morgan fingerprint density at radius 3 is 2.60 bits per heavy atom. The molecule has 0 saturated carbocycles. The topological polar surface area (TPSA) is 43.1 Å². The fraction of sp³-hybridized carbons (Fsp3) is 0.214. The van der Waals surface area contributed by atoms with E-state index in [9.17, 15) is 0 Å². The number of fused-ring (bicyclic) bond motifs is 1. The number of halogens is 2. The molecule has 0 saturated heterocycles. The van der Waals surface area contributed by atoms with Gasteiger partial charge in [-0.1, -0.05) is 23.7 Å². The van der Waals surface area contributed by atoms with Gasteiger partial charge in [0.05, 0.1) is 0 Å². The zero-order valence-electron chi connectivity index (χ0n) is 11.3. The Hall–Kier alpha value is -1.46. The lowest BCUT2D eigenvalue weighted by Crippen LogP contribution is -2.00. The molecule has 6 heteroatoms. The van der Waals surface area contributed by atoms with Crippen molar-refractivity contribution in [3.63, 3.8) is 0 Å². The first-order chi connectivity index (χ1) is 9.50. The molecule has 4 nitrogen and oxygen atoms in total. The van der Waals surface area contributed by atoms with Gasteiger partial charge < -0.3 is 0 Å². The van der Waals surface area contributed by atoms with Crippen molar-refractivity contribution < 1.29 is 0 Å². The molecule has 0 radical (unpaired) electrons. The van der Waals surface area contributed by atoms with Gasteiger partial charge in [-0.05, 0) is 53.9 Å². The van der Waals surface area contributed by atoms with Gasteiger partial charge in [-0.15, -0.1) is 10.2 Å². The van der Waals surface area contributed by atoms with E-state index >= 15 is 0 Å². The Balaban J connectivity index is 2.36. The third-order valence-corrected chi connectivity index (χ3v) is 4.88. The van der Waals surface area contributed by atoms with Crippen molar-refractivity contribution in [2.75, 3.05) is 0 Å². The van der Waals surface area contributed by atoms with Crippen LogP contribution in [0.4, 0.5) is 0 Å². The van der Waals surface area contributed by atoms with Gasteiger partial charge in [0.2, 0.25) is 0 Å². The molecule has 0 spiro atoms. The number of aromatic nitrogens is 4. The predicted molar refractivity (Wildman–Crippen MR) is 83.1 cm³/mol. The average Bonchev–Trinajstić information content (AvgIpc) is 2.83. The summed E-state index contributed by atoms with van der Waals surface area (Å²) in [5.41, 5.74) is 4.74. The van der Waals surface area contributed by atoms with Crippen molar-refractivity contribution in [3.8, 4) is 11.4 Å². The highest BCUT2D eigenvalue weighted by Crippen LogP contribution is 2.30. The van der Waals surface area contributed by atoms with Crippen LogP contribution in [-0.2, 0) is 0 Å². The zero-order chi connectivity index (χ0) is 14.4. The van der Waals surface area contributed by atoms with Crippen LogP contribution in [0.15, 0.2) is 22.7 Å². The fourth-order valence-corrected chi connectivity index (χ4v) is 2.74. The fourth-order valence-electron chi connectivity index (χ4n) is 2.08. The normalized spacial score (nSPS) is 11.2. The van der Waals surface area contributed by atoms with Crippen LogP contribution >= 0.6 is 27.5 Å². The summed E-state index contributed by atoms with van der Waals surface area (Å²) in [5.74, 6) is 0.681. The molecule has 0 unspecified atom stereocenters. The van der Waals surface area contributed by atoms with Crippen molar-refractivity contribution in [1.82, 2.24) is 19.8 Å². The Morgan fingerprint density at radius 1 is 1.10 bits per heavy atom. The molecule has 0 N–H and O–H groups in total. The van der Waals surface area contributed by atoms with E-state index in [2.05, 4.69) is 31.2 Å². The maximum atomic E-state index is 6.18. The molecule has 1 aromatic carbocycles. The molecule has 0 atom stereocenters. The molecule has 0 fully saturated rings. The van der Waals surface area contributed by atoms with Gasteiger partial charge in [0.1, 0.15) is 0 Å². The first-order valence-electron chi connectivity index (χ1n) is 6.14. The molecule has 0 amide bonds. The second kappa shape index (κ2) is 4.82. The first kappa shape index (κ1) is 13.5. The minimum absolute atomic E-state index is 0.472. The van der Waals surface area contributed by atoms with E-state index < -0.39 is 0 Å². The van der Waals surface area contributed by atoms with E-state index in [1.54, 1.807) is 4.52 Å². The van der Waals surface area contributed by atoms with Crippen LogP contribution in [0.1, 0.15) is 16.7 Å². The number of rotatable bonds is 1. The van der Waals surface area contributed by atoms with E-state index in [1.165, 1.54) is 0 Å². The van der Waals surface area contributed by atoms with Gasteiger partial charge in [0.15, 0.2) is 16.6 Å². The maximum absolute atomic E-state index is 6.18. The van der Waals surface area contributed by atoms with Gasteiger partial charge in [0, 0.05) is 15.6 Å². The third kappa shape index (κ3) is 1.93. The third-order valence-electron chi connectivity index (χ3n) is 3.47. The van der Waals surface area contributed by atoms with E-state index in [-0.39, 0.29) is 0 Å². The highest BCUT2D eigenvalue weighted by atomic mass is 79.9. The van der Waals surface area contributed by atoms with Gasteiger partial charge in [-0.3, -0.25) is 0 Å². The molecule has 2 aromatic heterocycles. The van der Waals surface area contributed by atoms with Crippen LogP contribution in [0.3, 0.4) is 0 Å². The van der Waals surface area contributed by atoms with E-state index in [0.717, 1.165) is 32.4 Å². The Labute approximate surface area is 129 Å². The largest absolute Gasteiger partial charge is 0.191 e. The summed E-state index contributed by atoms with van der Waals surface area (Å²) >= 11 is 9.78. The summed E-state index contributed by atoms with van der Waals surface area (Å²) in [4.78, 5) is 0. The summed E-state index contributed by atoms with van der Waals surface area (Å²) in [6.45, 7) is 5.94. The quantitative estimate of drug-likeness (QED) is 0.662. The summed E-state index contributed by atoms with van der Waals surface area (Å²) in [5, 5.41) is 13.4. The van der Waals surface area contributed by atoms with Crippen molar-refractivity contribution in [2.45, 2.75) is 20.8 Å². The molecular weight excluding hydrogens is 340 g/mol. The minimum Gasteiger partial charge on any atom is -0.191 e. The maximum Gasteiger partial charge on any atom is 0.186 e. The van der Waals surface area contributed by atoms with Gasteiger partial charge in [-0.25, -0.2) is 0 Å². The molecule has 0 aliphatic rings. The standard InChI is InChI=1S/C14H12BrClN4/c1-7-5-4-6-10(11(7)15)14-18-17-13-9(3)8(2)12(16)19-20(13)14/h4-6H,1-3H3. The first-order valence-corrected chi connectivity index (χ1v) is 7.31. The van der Waals surface area contributed by atoms with Crippen LogP contribution in [0.5, 0.6) is 0 Å². The minimum atomic E-state index is 0.472. The van der Waals surface area contributed by atoms with E-state index in [4.69, 9.17) is 11.6 Å². The lowest BCUT2D eigenvalue weighted by molar-refractivity contribution is 0.918. The number of aryl methyl sites for hydroxylation is 2. The summed E-state index contributed by atoms with van der Waals surface area (Å²) < 4.78 is 2.69. The number of nitrogens with zero attached hydrogens (tertiary/aromatic N) is 4. The van der Waals surface area contributed by atoms with E-state index in [0.29, 0.717) is 11.0 Å². The van der Waals surface area contributed by atoms with Crippen molar-refractivity contribution in [2.24, 2.45) is 0 Å². The Bertz CT molecular complexity index is 826. The lowest BCUT2D eigenvalue weighted by Gasteiger charge is -2.07. The molecule has 0 aliphatic heterocycles. The van der Waals surface area contributed by atoms with Gasteiger partial charge in [0.25, 0.3) is 0 Å². The number of hydrogen-bond donors (Lipinski definition) is 0. The van der Waals surface area contributed by atoms with Crippen LogP contribution in [0.2, 0.25) is 5.15 Å². The second-order valence-corrected chi connectivity index (χ2v) is 5.89. The molecule has 3 rings (SSSR count). The lowest BCUT2D eigenvalue weighted by atomic mass is 10.1. The van der Waals surface area contributed by atoms with Crippen molar-refractivity contribution >= 4 is 33.2 Å². The van der Waals surface area contributed by atoms with Gasteiger partial charge in [-0.2, -0.15) is 9.61 Å². The summed E-state index contributed by atoms with van der Waals surface area (Å²) in [7, 11) is 0. The Morgan fingerprint density at radius 2 is 1.85 bits per heavy atom. The molecule has 2 heterocycles. The average molecular weight is 352 g/mol. The van der Waals surface area contributed by atoms with Crippen molar-refractivity contribution in [1.29, 1.82) is 0 Å². The SMILES string of the molecule is Cc1cccc(-c2nnc3c(C)c(C)c(Cl)nn23)c1Br. The van der Waals surface area contributed by atoms with Crippen LogP contribution in [-0.4, -0.2) is 19.8 Å². The molecule has 20 heavy (non-hydrogen) atoms. The van der Waals surface area contributed by atoms with Crippen molar-refractivity contribution in [3.05, 3.63) is 44.5 Å². The molecule has 102 valence electrons. The predicted octanol–water partition coefficient (Wildman–Crippen LogP) is 4.13. The number of benzene rings is 1. The van der Waals surface area contributed by atoms with Crippen LogP contribution in [0.25, 0.3) is 17.0 Å². The molecular formula is C14H12BrClN4. The number of hydrogen-bond acceptors (Lipinski definition) is 3. The van der Waals surface area contributed by atoms with Crippen LogP contribution in [0, 0.1) is 20.8 Å².